The third kappa shape index (κ3) is 5.25. The predicted molar refractivity (Wildman–Crippen MR) is 121 cm³/mol. The van der Waals surface area contributed by atoms with Crippen LogP contribution in [0.15, 0.2) is 72.8 Å². The van der Waals surface area contributed by atoms with E-state index < -0.39 is 0 Å². The van der Waals surface area contributed by atoms with Crippen molar-refractivity contribution in [1.29, 1.82) is 0 Å². The maximum atomic E-state index is 12.7. The molecule has 1 aliphatic rings. The Hall–Kier alpha value is -3.31. The van der Waals surface area contributed by atoms with Crippen molar-refractivity contribution in [2.45, 2.75) is 25.9 Å². The molecule has 0 aromatic heterocycles. The van der Waals surface area contributed by atoms with Crippen molar-refractivity contribution in [1.82, 2.24) is 10.6 Å². The second kappa shape index (κ2) is 9.67. The van der Waals surface area contributed by atoms with E-state index in [1.54, 1.807) is 0 Å². The van der Waals surface area contributed by atoms with Crippen molar-refractivity contribution in [2.24, 2.45) is 0 Å². The summed E-state index contributed by atoms with van der Waals surface area (Å²) in [4.78, 5) is 12.7. The van der Waals surface area contributed by atoms with Crippen molar-refractivity contribution in [3.63, 3.8) is 0 Å². The Morgan fingerprint density at radius 1 is 0.871 bits per heavy atom. The molecule has 1 aliphatic heterocycles. The van der Waals surface area contributed by atoms with Gasteiger partial charge in [-0.3, -0.25) is 10.1 Å². The number of carbonyl (C=O) groups excluding carboxylic acids is 1. The summed E-state index contributed by atoms with van der Waals surface area (Å²) in [6, 6.07) is 24.2. The van der Waals surface area contributed by atoms with Gasteiger partial charge in [0.15, 0.2) is 11.5 Å². The molecular weight excluding hydrogens is 388 g/mol. The summed E-state index contributed by atoms with van der Waals surface area (Å²) in [7, 11) is 0. The second-order valence-electron chi connectivity index (χ2n) is 7.83. The number of rotatable bonds is 7. The molecule has 0 bridgehead atoms. The van der Waals surface area contributed by atoms with Crippen molar-refractivity contribution < 1.29 is 14.3 Å². The zero-order valence-electron chi connectivity index (χ0n) is 17.9. The van der Waals surface area contributed by atoms with E-state index in [4.69, 9.17) is 9.47 Å². The smallest absolute Gasteiger partial charge is 0.234 e. The van der Waals surface area contributed by atoms with Crippen LogP contribution in [0, 0.1) is 6.92 Å². The summed E-state index contributed by atoms with van der Waals surface area (Å²) in [5, 5.41) is 6.49. The van der Waals surface area contributed by atoms with Crippen molar-refractivity contribution in [3.05, 3.63) is 95.1 Å². The molecule has 1 heterocycles. The highest BCUT2D eigenvalue weighted by atomic mass is 16.6. The average molecular weight is 417 g/mol. The normalized spacial score (nSPS) is 14.5. The number of ether oxygens (including phenoxy) is 2. The van der Waals surface area contributed by atoms with Crippen LogP contribution in [0.1, 0.15) is 41.3 Å². The molecular formula is C26H28N2O3. The molecule has 5 heteroatoms. The van der Waals surface area contributed by atoms with E-state index in [2.05, 4.69) is 54.0 Å². The van der Waals surface area contributed by atoms with Crippen LogP contribution in [0.5, 0.6) is 11.5 Å². The molecule has 2 N–H and O–H groups in total. The molecule has 160 valence electrons. The highest BCUT2D eigenvalue weighted by Gasteiger charge is 2.18. The van der Waals surface area contributed by atoms with Crippen molar-refractivity contribution >= 4 is 5.91 Å². The Morgan fingerprint density at radius 3 is 2.26 bits per heavy atom. The maximum absolute atomic E-state index is 12.7. The lowest BCUT2D eigenvalue weighted by Gasteiger charge is -2.22. The van der Waals surface area contributed by atoms with Crippen LogP contribution in [0.2, 0.25) is 0 Å². The first-order valence-corrected chi connectivity index (χ1v) is 10.6. The highest BCUT2D eigenvalue weighted by Crippen LogP contribution is 2.32. The zero-order valence-corrected chi connectivity index (χ0v) is 17.9. The van der Waals surface area contributed by atoms with E-state index in [0.717, 1.165) is 28.2 Å². The molecule has 2 atom stereocenters. The van der Waals surface area contributed by atoms with Gasteiger partial charge in [0.1, 0.15) is 13.2 Å². The molecule has 0 aliphatic carbocycles. The van der Waals surface area contributed by atoms with Gasteiger partial charge < -0.3 is 14.8 Å². The summed E-state index contributed by atoms with van der Waals surface area (Å²) in [6.07, 6.45) is 0. The number of carbonyl (C=O) groups is 1. The molecule has 5 nitrogen and oxygen atoms in total. The molecule has 0 saturated carbocycles. The average Bonchev–Trinajstić information content (AvgIpc) is 2.80. The van der Waals surface area contributed by atoms with Crippen LogP contribution in [0.3, 0.4) is 0 Å². The van der Waals surface area contributed by atoms with Gasteiger partial charge >= 0.3 is 0 Å². The fourth-order valence-electron chi connectivity index (χ4n) is 3.73. The topological polar surface area (TPSA) is 59.6 Å². The fraction of sp³-hybridized carbons (Fsp3) is 0.269. The Balaban J connectivity index is 1.41. The minimum Gasteiger partial charge on any atom is -0.486 e. The lowest BCUT2D eigenvalue weighted by atomic mass is 9.98. The van der Waals surface area contributed by atoms with Crippen LogP contribution in [-0.2, 0) is 4.79 Å². The number of hydrogen-bond acceptors (Lipinski definition) is 4. The van der Waals surface area contributed by atoms with Gasteiger partial charge in [-0.1, -0.05) is 66.2 Å². The van der Waals surface area contributed by atoms with Gasteiger partial charge in [0.05, 0.1) is 18.6 Å². The van der Waals surface area contributed by atoms with E-state index in [-0.39, 0.29) is 24.5 Å². The van der Waals surface area contributed by atoms with Crippen LogP contribution in [-0.4, -0.2) is 25.7 Å². The molecule has 3 aromatic rings. The van der Waals surface area contributed by atoms with Crippen LogP contribution in [0.4, 0.5) is 0 Å². The fourth-order valence-corrected chi connectivity index (χ4v) is 3.73. The van der Waals surface area contributed by atoms with E-state index in [1.807, 2.05) is 43.3 Å². The Labute approximate surface area is 183 Å². The predicted octanol–water partition coefficient (Wildman–Crippen LogP) is 4.32. The molecule has 0 saturated heterocycles. The number of hydrogen-bond donors (Lipinski definition) is 2. The third-order valence-electron chi connectivity index (χ3n) is 5.45. The molecule has 0 spiro atoms. The summed E-state index contributed by atoms with van der Waals surface area (Å²) in [5.41, 5.74) is 4.45. The molecule has 0 unspecified atom stereocenters. The quantitative estimate of drug-likeness (QED) is 0.602. The highest BCUT2D eigenvalue weighted by molar-refractivity contribution is 5.78. The Kier molecular flexibility index (Phi) is 6.53. The summed E-state index contributed by atoms with van der Waals surface area (Å²) >= 11 is 0. The summed E-state index contributed by atoms with van der Waals surface area (Å²) in [5.74, 6) is 1.42. The summed E-state index contributed by atoms with van der Waals surface area (Å²) < 4.78 is 11.2. The summed E-state index contributed by atoms with van der Waals surface area (Å²) in [6.45, 7) is 5.36. The Morgan fingerprint density at radius 2 is 1.52 bits per heavy atom. The minimum atomic E-state index is -0.139. The molecule has 31 heavy (non-hydrogen) atoms. The van der Waals surface area contributed by atoms with Crippen LogP contribution >= 0.6 is 0 Å². The number of amides is 1. The lowest BCUT2D eigenvalue weighted by molar-refractivity contribution is -0.121. The monoisotopic (exact) mass is 416 g/mol. The molecule has 0 radical (unpaired) electrons. The van der Waals surface area contributed by atoms with Gasteiger partial charge in [0.25, 0.3) is 0 Å². The number of benzene rings is 3. The standard InChI is InChI=1S/C26H28N2O3/c1-18-8-10-21(11-9-18)26(20-6-4-3-5-7-20)27-17-25(29)28-19(2)22-12-13-23-24(16-22)31-15-14-30-23/h3-13,16,19,26-27H,14-15,17H2,1-2H3,(H,28,29)/t19-,26-/m1/s1. The maximum Gasteiger partial charge on any atom is 0.234 e. The van der Waals surface area contributed by atoms with Crippen molar-refractivity contribution in [2.75, 3.05) is 19.8 Å². The molecule has 4 rings (SSSR count). The molecule has 3 aromatic carbocycles. The first-order chi connectivity index (χ1) is 15.1. The third-order valence-corrected chi connectivity index (χ3v) is 5.45. The van der Waals surface area contributed by atoms with Crippen LogP contribution < -0.4 is 20.1 Å². The second-order valence-corrected chi connectivity index (χ2v) is 7.83. The number of nitrogens with one attached hydrogen (secondary N) is 2. The van der Waals surface area contributed by atoms with Gasteiger partial charge in [-0.2, -0.15) is 0 Å². The first kappa shape index (κ1) is 20.9. The van der Waals surface area contributed by atoms with Gasteiger partial charge in [-0.15, -0.1) is 0 Å². The number of fused-ring (bicyclic) bond motifs is 1. The number of aryl methyl sites for hydroxylation is 1. The largest absolute Gasteiger partial charge is 0.486 e. The zero-order chi connectivity index (χ0) is 21.6. The minimum absolute atomic E-state index is 0.0582. The van der Waals surface area contributed by atoms with Crippen LogP contribution in [0.25, 0.3) is 0 Å². The Bertz CT molecular complexity index is 1020. The molecule has 1 amide bonds. The van der Waals surface area contributed by atoms with E-state index in [0.29, 0.717) is 13.2 Å². The van der Waals surface area contributed by atoms with Gasteiger partial charge in [0, 0.05) is 0 Å². The first-order valence-electron chi connectivity index (χ1n) is 10.6. The van der Waals surface area contributed by atoms with E-state index >= 15 is 0 Å². The SMILES string of the molecule is Cc1ccc([C@H](NCC(=O)N[C@H](C)c2ccc3c(c2)OCCO3)c2ccccc2)cc1. The molecule has 0 fully saturated rings. The van der Waals surface area contributed by atoms with E-state index in [1.165, 1.54) is 5.56 Å². The van der Waals surface area contributed by atoms with Gasteiger partial charge in [-0.05, 0) is 42.7 Å². The van der Waals surface area contributed by atoms with Crippen molar-refractivity contribution in [3.8, 4) is 11.5 Å². The van der Waals surface area contributed by atoms with E-state index in [9.17, 15) is 4.79 Å². The van der Waals surface area contributed by atoms with Gasteiger partial charge in [0.2, 0.25) is 5.91 Å². The lowest BCUT2D eigenvalue weighted by Crippen LogP contribution is -2.37. The van der Waals surface area contributed by atoms with Gasteiger partial charge in [-0.25, -0.2) is 0 Å².